The van der Waals surface area contributed by atoms with Crippen molar-refractivity contribution in [2.45, 2.75) is 11.8 Å². The second-order valence-electron chi connectivity index (χ2n) is 3.43. The van der Waals surface area contributed by atoms with Crippen molar-refractivity contribution in [1.29, 1.82) is 0 Å². The van der Waals surface area contributed by atoms with Crippen LogP contribution in [0.4, 0.5) is 5.82 Å². The molecule has 0 saturated heterocycles. The maximum absolute atomic E-state index is 11.8. The molecule has 96 valence electrons. The molecule has 0 aliphatic rings. The summed E-state index contributed by atoms with van der Waals surface area (Å²) in [5, 5.41) is 6.21. The van der Waals surface area contributed by atoms with Crippen molar-refractivity contribution in [2.75, 3.05) is 18.8 Å². The summed E-state index contributed by atoms with van der Waals surface area (Å²) >= 11 is 0. The first-order valence-corrected chi connectivity index (χ1v) is 6.34. The number of amides is 1. The van der Waals surface area contributed by atoms with Gasteiger partial charge in [0, 0.05) is 33.3 Å². The number of aromatic nitrogens is 2. The van der Waals surface area contributed by atoms with E-state index in [9.17, 15) is 13.2 Å². The molecule has 1 amide bonds. The average molecular weight is 261 g/mol. The molecular formula is C8H15N5O3S. The maximum Gasteiger partial charge on any atom is 0.245 e. The van der Waals surface area contributed by atoms with Crippen LogP contribution >= 0.6 is 0 Å². The Bertz CT molecular complexity index is 507. The van der Waals surface area contributed by atoms with Crippen molar-refractivity contribution in [2.24, 2.45) is 7.05 Å². The molecule has 1 aromatic heterocycles. The smallest absolute Gasteiger partial charge is 0.245 e. The first kappa shape index (κ1) is 13.5. The van der Waals surface area contributed by atoms with Gasteiger partial charge < -0.3 is 11.1 Å². The van der Waals surface area contributed by atoms with E-state index in [1.54, 1.807) is 7.05 Å². The van der Waals surface area contributed by atoms with Crippen molar-refractivity contribution < 1.29 is 13.2 Å². The highest BCUT2D eigenvalue weighted by Gasteiger charge is 2.19. The standard InChI is InChI=1S/C8H15N5O3S/c1-6(14)10-3-4-11-17(15,16)7-5-13(2)12-8(7)9/h5,11H,3-4H2,1-2H3,(H2,9,12)(H,10,14). The molecule has 0 aliphatic carbocycles. The fraction of sp³-hybridized carbons (Fsp3) is 0.500. The average Bonchev–Trinajstić information content (AvgIpc) is 2.53. The van der Waals surface area contributed by atoms with E-state index in [0.29, 0.717) is 0 Å². The number of hydrogen-bond acceptors (Lipinski definition) is 5. The lowest BCUT2D eigenvalue weighted by Crippen LogP contribution is -2.33. The normalized spacial score (nSPS) is 11.4. The molecule has 1 aromatic rings. The number of nitrogens with zero attached hydrogens (tertiary/aromatic N) is 2. The molecule has 4 N–H and O–H groups in total. The molecule has 0 radical (unpaired) electrons. The predicted molar refractivity (Wildman–Crippen MR) is 61.5 cm³/mol. The third-order valence-electron chi connectivity index (χ3n) is 1.90. The first-order chi connectivity index (χ1) is 7.83. The Hall–Kier alpha value is -1.61. The highest BCUT2D eigenvalue weighted by molar-refractivity contribution is 7.89. The summed E-state index contributed by atoms with van der Waals surface area (Å²) in [6, 6.07) is 0. The van der Waals surface area contributed by atoms with Crippen LogP contribution in [0.1, 0.15) is 6.92 Å². The number of rotatable bonds is 5. The summed E-state index contributed by atoms with van der Waals surface area (Å²) < 4.78 is 27.1. The number of anilines is 1. The summed E-state index contributed by atoms with van der Waals surface area (Å²) in [4.78, 5) is 10.5. The van der Waals surface area contributed by atoms with Crippen molar-refractivity contribution in [3.8, 4) is 0 Å². The number of carbonyl (C=O) groups is 1. The highest BCUT2D eigenvalue weighted by Crippen LogP contribution is 2.14. The number of sulfonamides is 1. The number of hydrogen-bond donors (Lipinski definition) is 3. The molecule has 1 heterocycles. The lowest BCUT2D eigenvalue weighted by Gasteiger charge is -2.05. The summed E-state index contributed by atoms with van der Waals surface area (Å²) in [7, 11) is -2.10. The van der Waals surface area contributed by atoms with E-state index in [-0.39, 0.29) is 29.7 Å². The van der Waals surface area contributed by atoms with Gasteiger partial charge in [0.2, 0.25) is 15.9 Å². The van der Waals surface area contributed by atoms with Crippen LogP contribution in [-0.2, 0) is 21.9 Å². The lowest BCUT2D eigenvalue weighted by molar-refractivity contribution is -0.118. The van der Waals surface area contributed by atoms with Crippen LogP contribution in [0, 0.1) is 0 Å². The lowest BCUT2D eigenvalue weighted by atomic mass is 10.6. The summed E-state index contributed by atoms with van der Waals surface area (Å²) in [5.41, 5.74) is 5.46. The Balaban J connectivity index is 2.63. The molecule has 0 saturated carbocycles. The SMILES string of the molecule is CC(=O)NCCNS(=O)(=O)c1cn(C)nc1N. The fourth-order valence-electron chi connectivity index (χ4n) is 1.19. The minimum atomic E-state index is -3.68. The Kier molecular flexibility index (Phi) is 4.07. The van der Waals surface area contributed by atoms with E-state index in [1.165, 1.54) is 17.8 Å². The van der Waals surface area contributed by atoms with Crippen LogP contribution < -0.4 is 15.8 Å². The van der Waals surface area contributed by atoms with Gasteiger partial charge >= 0.3 is 0 Å². The van der Waals surface area contributed by atoms with Gasteiger partial charge in [0.1, 0.15) is 4.90 Å². The van der Waals surface area contributed by atoms with Crippen molar-refractivity contribution >= 4 is 21.7 Å². The highest BCUT2D eigenvalue weighted by atomic mass is 32.2. The van der Waals surface area contributed by atoms with Gasteiger partial charge in [-0.05, 0) is 0 Å². The third kappa shape index (κ3) is 3.71. The third-order valence-corrected chi connectivity index (χ3v) is 3.38. The number of carbonyl (C=O) groups excluding carboxylic acids is 1. The Morgan fingerprint density at radius 2 is 2.18 bits per heavy atom. The van der Waals surface area contributed by atoms with Crippen molar-refractivity contribution in [3.63, 3.8) is 0 Å². The Morgan fingerprint density at radius 3 is 2.65 bits per heavy atom. The molecule has 0 aliphatic heterocycles. The van der Waals surface area contributed by atoms with Crippen LogP contribution in [0.2, 0.25) is 0 Å². The molecule has 0 spiro atoms. The first-order valence-electron chi connectivity index (χ1n) is 4.86. The predicted octanol–water partition coefficient (Wildman–Crippen LogP) is -1.58. The van der Waals surface area contributed by atoms with Gasteiger partial charge in [-0.3, -0.25) is 9.48 Å². The van der Waals surface area contributed by atoms with Crippen LogP contribution in [0.15, 0.2) is 11.1 Å². The van der Waals surface area contributed by atoms with E-state index in [4.69, 9.17) is 5.73 Å². The zero-order valence-corrected chi connectivity index (χ0v) is 10.4. The fourth-order valence-corrected chi connectivity index (χ4v) is 2.33. The van der Waals surface area contributed by atoms with Gasteiger partial charge in [-0.1, -0.05) is 0 Å². The van der Waals surface area contributed by atoms with E-state index >= 15 is 0 Å². The minimum Gasteiger partial charge on any atom is -0.381 e. The molecule has 0 atom stereocenters. The van der Waals surface area contributed by atoms with Gasteiger partial charge in [0.05, 0.1) is 0 Å². The van der Waals surface area contributed by atoms with Crippen LogP contribution in [0.5, 0.6) is 0 Å². The zero-order chi connectivity index (χ0) is 13.1. The van der Waals surface area contributed by atoms with Gasteiger partial charge in [-0.25, -0.2) is 13.1 Å². The summed E-state index contributed by atoms with van der Waals surface area (Å²) in [5.74, 6) is -0.274. The second-order valence-corrected chi connectivity index (χ2v) is 5.17. The molecule has 1 rings (SSSR count). The molecule has 9 heteroatoms. The van der Waals surface area contributed by atoms with E-state index in [2.05, 4.69) is 15.1 Å². The minimum absolute atomic E-state index is 0.0560. The molecule has 0 fully saturated rings. The molecule has 17 heavy (non-hydrogen) atoms. The molecule has 0 unspecified atom stereocenters. The number of nitrogen functional groups attached to an aromatic ring is 1. The number of nitrogens with one attached hydrogen (secondary N) is 2. The largest absolute Gasteiger partial charge is 0.381 e. The molecule has 8 nitrogen and oxygen atoms in total. The molecular weight excluding hydrogens is 246 g/mol. The summed E-state index contributed by atoms with van der Waals surface area (Å²) in [6.07, 6.45) is 1.32. The van der Waals surface area contributed by atoms with Crippen LogP contribution in [-0.4, -0.2) is 37.2 Å². The molecule has 0 bridgehead atoms. The van der Waals surface area contributed by atoms with Crippen LogP contribution in [0.25, 0.3) is 0 Å². The second kappa shape index (κ2) is 5.15. The quantitative estimate of drug-likeness (QED) is 0.552. The van der Waals surface area contributed by atoms with Gasteiger partial charge in [-0.2, -0.15) is 5.10 Å². The van der Waals surface area contributed by atoms with E-state index < -0.39 is 10.0 Å². The zero-order valence-electron chi connectivity index (χ0n) is 9.60. The molecule has 0 aromatic carbocycles. The number of aryl methyl sites for hydroxylation is 1. The van der Waals surface area contributed by atoms with Gasteiger partial charge in [-0.15, -0.1) is 0 Å². The van der Waals surface area contributed by atoms with E-state index in [0.717, 1.165) is 0 Å². The number of nitrogens with two attached hydrogens (primary N) is 1. The van der Waals surface area contributed by atoms with Crippen LogP contribution in [0.3, 0.4) is 0 Å². The monoisotopic (exact) mass is 261 g/mol. The topological polar surface area (TPSA) is 119 Å². The Labute approximate surface area is 99.2 Å². The van der Waals surface area contributed by atoms with Gasteiger partial charge in [0.15, 0.2) is 5.82 Å². The van der Waals surface area contributed by atoms with Crippen molar-refractivity contribution in [3.05, 3.63) is 6.20 Å². The summed E-state index contributed by atoms with van der Waals surface area (Å²) in [6.45, 7) is 1.67. The van der Waals surface area contributed by atoms with Crippen molar-refractivity contribution in [1.82, 2.24) is 19.8 Å². The Morgan fingerprint density at radius 1 is 1.53 bits per heavy atom. The maximum atomic E-state index is 11.8. The van der Waals surface area contributed by atoms with E-state index in [1.807, 2.05) is 0 Å². The van der Waals surface area contributed by atoms with Gasteiger partial charge in [0.25, 0.3) is 0 Å².